The Morgan fingerprint density at radius 2 is 2.06 bits per heavy atom. The Balaban J connectivity index is 1.64. The quantitative estimate of drug-likeness (QED) is 0.172. The van der Waals surface area contributed by atoms with Crippen molar-refractivity contribution in [2.45, 2.75) is 44.3 Å². The Bertz CT molecular complexity index is 1150. The van der Waals surface area contributed by atoms with E-state index in [0.717, 1.165) is 52.8 Å². The molecule has 1 N–H and O–H groups in total. The maximum atomic E-state index is 13.3. The van der Waals surface area contributed by atoms with Gasteiger partial charge in [0.1, 0.15) is 10.3 Å². The van der Waals surface area contributed by atoms with Crippen LogP contribution in [0.5, 0.6) is 0 Å². The summed E-state index contributed by atoms with van der Waals surface area (Å²) in [5, 5.41) is 11.4. The number of amides is 2. The normalized spacial score (nSPS) is 18.1. The number of nitrogens with zero attached hydrogens (tertiary/aromatic N) is 3. The minimum absolute atomic E-state index is 0.0464. The summed E-state index contributed by atoms with van der Waals surface area (Å²) in [5.74, 6) is -1.30. The highest BCUT2D eigenvalue weighted by molar-refractivity contribution is 8.15. The summed E-state index contributed by atoms with van der Waals surface area (Å²) in [6, 6.07) is 9.02. The SMILES string of the molecule is CCOC(=O)c1c(N2C(=O)C[C@@H](SC(=Nc3ccccc3)NC#N)C2=O)sc2c1CCCC2. The summed E-state index contributed by atoms with van der Waals surface area (Å²) in [5.41, 5.74) is 1.86. The molecule has 2 heterocycles. The molecular weight excluding hydrogens is 460 g/mol. The largest absolute Gasteiger partial charge is 0.462 e. The lowest BCUT2D eigenvalue weighted by Crippen LogP contribution is -2.32. The number of aryl methyl sites for hydroxylation is 1. The molecule has 2 amide bonds. The number of benzene rings is 1. The second-order valence-corrected chi connectivity index (χ2v) is 9.75. The van der Waals surface area contributed by atoms with E-state index in [0.29, 0.717) is 16.3 Å². The van der Waals surface area contributed by atoms with Crippen LogP contribution in [0.2, 0.25) is 0 Å². The highest BCUT2D eigenvalue weighted by Gasteiger charge is 2.44. The van der Waals surface area contributed by atoms with Crippen molar-refractivity contribution in [3.63, 3.8) is 0 Å². The second-order valence-electron chi connectivity index (χ2n) is 7.48. The van der Waals surface area contributed by atoms with E-state index >= 15 is 0 Å². The van der Waals surface area contributed by atoms with Gasteiger partial charge in [0.25, 0.3) is 0 Å². The van der Waals surface area contributed by atoms with Gasteiger partial charge in [-0.3, -0.25) is 14.9 Å². The van der Waals surface area contributed by atoms with Gasteiger partial charge in [0.05, 0.1) is 17.9 Å². The number of carbonyl (C=O) groups excluding carboxylic acids is 3. The molecule has 0 bridgehead atoms. The number of hydrogen-bond acceptors (Lipinski definition) is 8. The number of thioether (sulfide) groups is 1. The summed E-state index contributed by atoms with van der Waals surface area (Å²) >= 11 is 2.36. The van der Waals surface area contributed by atoms with E-state index in [-0.39, 0.29) is 24.1 Å². The Morgan fingerprint density at radius 1 is 1.30 bits per heavy atom. The van der Waals surface area contributed by atoms with Crippen LogP contribution in [0.1, 0.15) is 47.0 Å². The maximum absolute atomic E-state index is 13.3. The minimum atomic E-state index is -0.755. The fourth-order valence-electron chi connectivity index (χ4n) is 3.92. The lowest BCUT2D eigenvalue weighted by Gasteiger charge is -2.16. The summed E-state index contributed by atoms with van der Waals surface area (Å²) in [7, 11) is 0. The molecule has 2 aromatic rings. The first-order chi connectivity index (χ1) is 16.0. The van der Waals surface area contributed by atoms with Gasteiger partial charge in [-0.1, -0.05) is 30.0 Å². The molecule has 0 radical (unpaired) electrons. The van der Waals surface area contributed by atoms with E-state index in [9.17, 15) is 14.4 Å². The van der Waals surface area contributed by atoms with Crippen LogP contribution in [0.4, 0.5) is 10.7 Å². The molecule has 0 spiro atoms. The smallest absolute Gasteiger partial charge is 0.341 e. The second kappa shape index (κ2) is 10.2. The van der Waals surface area contributed by atoms with Gasteiger partial charge >= 0.3 is 5.97 Å². The number of imide groups is 1. The number of aliphatic imine (C=N–C) groups is 1. The van der Waals surface area contributed by atoms with Crippen molar-refractivity contribution in [1.82, 2.24) is 5.32 Å². The number of thiophene rings is 1. The molecule has 0 saturated carbocycles. The third kappa shape index (κ3) is 4.79. The van der Waals surface area contributed by atoms with E-state index in [1.165, 1.54) is 11.3 Å². The van der Waals surface area contributed by atoms with Crippen LogP contribution in [0, 0.1) is 11.5 Å². The summed E-state index contributed by atoms with van der Waals surface area (Å²) < 4.78 is 5.26. The Labute approximate surface area is 199 Å². The number of carbonyl (C=O) groups is 3. The summed E-state index contributed by atoms with van der Waals surface area (Å²) in [6.07, 6.45) is 5.30. The molecule has 1 aromatic carbocycles. The maximum Gasteiger partial charge on any atom is 0.341 e. The molecule has 8 nitrogen and oxygen atoms in total. The third-order valence-electron chi connectivity index (χ3n) is 5.34. The molecule has 1 aromatic heterocycles. The molecule has 170 valence electrons. The van der Waals surface area contributed by atoms with Crippen LogP contribution < -0.4 is 10.2 Å². The Kier molecular flexibility index (Phi) is 7.11. The molecule has 1 aliphatic carbocycles. The fraction of sp³-hybridized carbons (Fsp3) is 0.348. The number of esters is 1. The van der Waals surface area contributed by atoms with Crippen LogP contribution in [-0.4, -0.2) is 34.8 Å². The average molecular weight is 483 g/mol. The first-order valence-electron chi connectivity index (χ1n) is 10.7. The lowest BCUT2D eigenvalue weighted by atomic mass is 9.95. The predicted octanol–water partition coefficient (Wildman–Crippen LogP) is 3.93. The third-order valence-corrected chi connectivity index (χ3v) is 7.69. The van der Waals surface area contributed by atoms with Crippen molar-refractivity contribution < 1.29 is 19.1 Å². The molecular formula is C23H22N4O4S2. The van der Waals surface area contributed by atoms with Crippen LogP contribution in [0.15, 0.2) is 35.3 Å². The van der Waals surface area contributed by atoms with Gasteiger partial charge in [-0.05, 0) is 50.3 Å². The topological polar surface area (TPSA) is 112 Å². The first kappa shape index (κ1) is 23.0. The zero-order valence-electron chi connectivity index (χ0n) is 18.0. The molecule has 4 rings (SSSR count). The summed E-state index contributed by atoms with van der Waals surface area (Å²) in [4.78, 5) is 45.6. The van der Waals surface area contributed by atoms with E-state index in [1.54, 1.807) is 19.1 Å². The van der Waals surface area contributed by atoms with Crippen molar-refractivity contribution in [3.8, 4) is 6.19 Å². The van der Waals surface area contributed by atoms with E-state index in [1.807, 2.05) is 24.4 Å². The Hall–Kier alpha value is -3.16. The highest BCUT2D eigenvalue weighted by atomic mass is 32.2. The first-order valence-corrected chi connectivity index (χ1v) is 12.4. The van der Waals surface area contributed by atoms with Gasteiger partial charge in [-0.15, -0.1) is 11.3 Å². The van der Waals surface area contributed by atoms with E-state index in [2.05, 4.69) is 10.3 Å². The van der Waals surface area contributed by atoms with Gasteiger partial charge in [-0.25, -0.2) is 14.7 Å². The fourth-order valence-corrected chi connectivity index (χ4v) is 6.28. The van der Waals surface area contributed by atoms with Gasteiger partial charge in [-0.2, -0.15) is 5.26 Å². The number of anilines is 1. The van der Waals surface area contributed by atoms with Gasteiger partial charge in [0.15, 0.2) is 11.4 Å². The van der Waals surface area contributed by atoms with Gasteiger partial charge in [0.2, 0.25) is 11.8 Å². The van der Waals surface area contributed by atoms with Crippen LogP contribution in [-0.2, 0) is 27.2 Å². The minimum Gasteiger partial charge on any atom is -0.462 e. The molecule has 33 heavy (non-hydrogen) atoms. The van der Waals surface area contributed by atoms with Crippen LogP contribution in [0.25, 0.3) is 0 Å². The molecule has 1 saturated heterocycles. The Morgan fingerprint density at radius 3 is 2.79 bits per heavy atom. The standard InChI is InChI=1S/C23H22N4O4S2/c1-2-31-22(30)19-15-10-6-7-11-16(15)32-21(19)27-18(28)12-17(20(27)29)33-23(25-13-24)26-14-8-4-3-5-9-14/h3-5,8-9,17H,2,6-7,10-12H2,1H3,(H,25,26)/t17-/m1/s1. The zero-order chi connectivity index (χ0) is 23.4. The van der Waals surface area contributed by atoms with E-state index in [4.69, 9.17) is 10.00 Å². The van der Waals surface area contributed by atoms with Gasteiger partial charge in [0, 0.05) is 11.3 Å². The van der Waals surface area contributed by atoms with Crippen molar-refractivity contribution in [2.24, 2.45) is 4.99 Å². The zero-order valence-corrected chi connectivity index (χ0v) is 19.6. The lowest BCUT2D eigenvalue weighted by molar-refractivity contribution is -0.121. The van der Waals surface area contributed by atoms with Crippen molar-refractivity contribution in [2.75, 3.05) is 11.5 Å². The van der Waals surface area contributed by atoms with Crippen LogP contribution in [0.3, 0.4) is 0 Å². The number of nitrogens with one attached hydrogen (secondary N) is 1. The number of hydrogen-bond donors (Lipinski definition) is 1. The van der Waals surface area contributed by atoms with Crippen molar-refractivity contribution >= 4 is 56.7 Å². The predicted molar refractivity (Wildman–Crippen MR) is 128 cm³/mol. The van der Waals surface area contributed by atoms with E-state index < -0.39 is 17.1 Å². The molecule has 2 aliphatic rings. The molecule has 1 atom stereocenters. The number of ether oxygens (including phenoxy) is 1. The average Bonchev–Trinajstić information content (AvgIpc) is 3.31. The molecule has 10 heteroatoms. The van der Waals surface area contributed by atoms with Crippen molar-refractivity contribution in [1.29, 1.82) is 5.26 Å². The highest BCUT2D eigenvalue weighted by Crippen LogP contribution is 2.43. The summed E-state index contributed by atoms with van der Waals surface area (Å²) in [6.45, 7) is 1.94. The number of amidine groups is 1. The number of nitriles is 1. The number of fused-ring (bicyclic) bond motifs is 1. The van der Waals surface area contributed by atoms with Crippen molar-refractivity contribution in [3.05, 3.63) is 46.3 Å². The van der Waals surface area contributed by atoms with Crippen LogP contribution >= 0.6 is 23.1 Å². The van der Waals surface area contributed by atoms with Gasteiger partial charge < -0.3 is 4.74 Å². The molecule has 1 aliphatic heterocycles. The number of rotatable bonds is 5. The number of para-hydroxylation sites is 1. The monoisotopic (exact) mass is 482 g/mol. The molecule has 1 fully saturated rings. The molecule has 0 unspecified atom stereocenters.